The van der Waals surface area contributed by atoms with Gasteiger partial charge in [0.25, 0.3) is 17.4 Å². The molecule has 0 unspecified atom stereocenters. The minimum atomic E-state index is -4.02. The first kappa shape index (κ1) is 43.9. The zero-order valence-electron chi connectivity index (χ0n) is 34.2. The number of sulfonamides is 1. The van der Waals surface area contributed by atoms with Crippen LogP contribution in [0.3, 0.4) is 0 Å². The molecule has 324 valence electrons. The predicted octanol–water partition coefficient (Wildman–Crippen LogP) is 3.67. The summed E-state index contributed by atoms with van der Waals surface area (Å²) in [6.45, 7) is 6.10. The second kappa shape index (κ2) is 16.4. The van der Waals surface area contributed by atoms with Gasteiger partial charge in [0.15, 0.2) is 0 Å². The number of carbonyl (C=O) groups is 4. The largest absolute Gasteiger partial charge is 0.471 e. The number of allylic oxidation sites excluding steroid dienone is 1. The van der Waals surface area contributed by atoms with Crippen LogP contribution in [0, 0.1) is 17.8 Å². The Hall–Kier alpha value is -4.65. The van der Waals surface area contributed by atoms with Crippen molar-refractivity contribution in [1.82, 2.24) is 29.6 Å². The van der Waals surface area contributed by atoms with Crippen LogP contribution >= 0.6 is 0 Å². The van der Waals surface area contributed by atoms with Gasteiger partial charge in [-0.15, -0.1) is 5.10 Å². The fraction of sp³-hybridized carbons (Fsp3) is 0.650. The highest BCUT2D eigenvalue weighted by Crippen LogP contribution is 2.46. The van der Waals surface area contributed by atoms with Gasteiger partial charge in [-0.2, -0.15) is 0 Å². The maximum atomic E-state index is 15.4. The number of nitrogens with zero attached hydrogens (tertiary/aromatic N) is 4. The van der Waals surface area contributed by atoms with Gasteiger partial charge in [0, 0.05) is 26.4 Å². The summed E-state index contributed by atoms with van der Waals surface area (Å²) < 4.78 is 71.5. The van der Waals surface area contributed by atoms with Crippen LogP contribution < -0.4 is 20.3 Å². The van der Waals surface area contributed by atoms with Crippen molar-refractivity contribution in [3.8, 4) is 5.88 Å². The maximum absolute atomic E-state index is 15.4. The Bertz CT molecular complexity index is 2170. The molecule has 7 atom stereocenters. The van der Waals surface area contributed by atoms with E-state index in [2.05, 4.69) is 15.1 Å². The van der Waals surface area contributed by atoms with E-state index in [1.807, 2.05) is 13.0 Å². The molecule has 0 spiro atoms. The number of nitrogens with one attached hydrogen (secondary N) is 2. The Morgan fingerprint density at radius 1 is 1.08 bits per heavy atom. The minimum absolute atomic E-state index is 0.00286. The summed E-state index contributed by atoms with van der Waals surface area (Å²) >= 11 is 0. The number of carbonyl (C=O) groups excluding carboxylic acids is 3. The standard InChI is InChI=1S/C40H54F2N6O10S/c1-23-11-7-8-12-25-21-40(25,36(52)45-59(55,56)27-15-16-27)43-32(49)30-20-26(58-33-28-13-9-10-14-29(28)34(50)47(44-33)17-18-57-6)22-46(30)35(51)31(24(2)19-23)48(37(53)54)38(3,4)39(5,41)42/h8-10,12-14,23-27,30-31H,7,11,15-22H2,1-6H3,(H,43,49)(H,45,52)(H,53,54)/t23-,24+,25+,26+,30-,31-,40+/m0/s1. The zero-order valence-corrected chi connectivity index (χ0v) is 35.0. The SMILES string of the molecule is COCCn1nc(O[C@@H]2C[C@H]3C(=O)N[C@]4(C(=O)NS(=O)(=O)C5CC5)C[C@H]4C=CCC[C@H](C)C[C@@H](C)[C@H](N(C(=O)O)C(C)(C)C(C)(F)F)C(=O)N3C2)c2ccccc2c1=O. The Balaban J connectivity index is 1.44. The lowest BCUT2D eigenvalue weighted by Crippen LogP contribution is -2.66. The van der Waals surface area contributed by atoms with Crippen LogP contribution in [-0.2, 0) is 35.7 Å². The Morgan fingerprint density at radius 3 is 2.39 bits per heavy atom. The molecule has 4 amide bonds. The summed E-state index contributed by atoms with van der Waals surface area (Å²) in [7, 11) is -2.55. The normalized spacial score (nSPS) is 28.2. The number of hydrogen-bond acceptors (Lipinski definition) is 10. The molecule has 4 aliphatic rings. The number of aromatic nitrogens is 2. The third-order valence-electron chi connectivity index (χ3n) is 12.4. The Kier molecular flexibility index (Phi) is 12.2. The van der Waals surface area contributed by atoms with E-state index >= 15 is 13.6 Å². The molecule has 2 aliphatic carbocycles. The fourth-order valence-corrected chi connectivity index (χ4v) is 9.70. The van der Waals surface area contributed by atoms with Crippen LogP contribution in [0.25, 0.3) is 10.8 Å². The van der Waals surface area contributed by atoms with Gasteiger partial charge in [-0.3, -0.25) is 28.8 Å². The van der Waals surface area contributed by atoms with Crippen LogP contribution in [0.15, 0.2) is 41.2 Å². The van der Waals surface area contributed by atoms with Crippen molar-refractivity contribution >= 4 is 44.6 Å². The lowest BCUT2D eigenvalue weighted by Gasteiger charge is -2.47. The van der Waals surface area contributed by atoms with Crippen molar-refractivity contribution in [2.24, 2.45) is 17.8 Å². The summed E-state index contributed by atoms with van der Waals surface area (Å²) in [5.41, 5.74) is -4.49. The van der Waals surface area contributed by atoms with E-state index in [4.69, 9.17) is 9.47 Å². The minimum Gasteiger partial charge on any atom is -0.471 e. The van der Waals surface area contributed by atoms with Crippen molar-refractivity contribution in [3.63, 3.8) is 0 Å². The third-order valence-corrected chi connectivity index (χ3v) is 14.2. The number of rotatable bonds is 11. The predicted molar refractivity (Wildman–Crippen MR) is 211 cm³/mol. The van der Waals surface area contributed by atoms with Gasteiger partial charge in [-0.05, 0) is 76.3 Å². The average Bonchev–Trinajstić information content (AvgIpc) is 4.08. The zero-order chi connectivity index (χ0) is 43.2. The van der Waals surface area contributed by atoms with E-state index in [1.165, 1.54) is 11.8 Å². The van der Waals surface area contributed by atoms with Gasteiger partial charge in [0.2, 0.25) is 27.7 Å². The van der Waals surface area contributed by atoms with E-state index < -0.39 is 91.7 Å². The molecule has 19 heteroatoms. The van der Waals surface area contributed by atoms with Crippen LogP contribution in [-0.4, -0.2) is 118 Å². The number of methoxy groups -OCH3 is 1. The highest BCUT2D eigenvalue weighted by atomic mass is 32.2. The first-order valence-electron chi connectivity index (χ1n) is 20.0. The molecular weight excluding hydrogens is 795 g/mol. The quantitative estimate of drug-likeness (QED) is 0.278. The molecule has 2 aromatic rings. The van der Waals surface area contributed by atoms with E-state index in [1.54, 1.807) is 37.3 Å². The number of halogens is 2. The summed E-state index contributed by atoms with van der Waals surface area (Å²) in [6, 6.07) is 3.43. The molecule has 1 aromatic carbocycles. The third kappa shape index (κ3) is 8.81. The van der Waals surface area contributed by atoms with Gasteiger partial charge < -0.3 is 24.8 Å². The van der Waals surface area contributed by atoms with Gasteiger partial charge in [0.05, 0.1) is 35.7 Å². The molecule has 0 radical (unpaired) electrons. The fourth-order valence-electron chi connectivity index (χ4n) is 8.34. The summed E-state index contributed by atoms with van der Waals surface area (Å²) in [6.07, 6.45) is 2.80. The summed E-state index contributed by atoms with van der Waals surface area (Å²) in [5, 5.41) is 17.7. The van der Waals surface area contributed by atoms with Crippen LogP contribution in [0.2, 0.25) is 0 Å². The number of alkyl halides is 2. The second-order valence-corrected chi connectivity index (χ2v) is 19.1. The molecule has 3 N–H and O–H groups in total. The van der Waals surface area contributed by atoms with Crippen LogP contribution in [0.5, 0.6) is 5.88 Å². The number of hydrogen-bond donors (Lipinski definition) is 3. The number of benzene rings is 1. The van der Waals surface area contributed by atoms with Gasteiger partial charge in [-0.1, -0.05) is 38.1 Å². The smallest absolute Gasteiger partial charge is 0.408 e. The van der Waals surface area contributed by atoms with Crippen molar-refractivity contribution in [2.45, 2.75) is 127 Å². The lowest BCUT2D eigenvalue weighted by molar-refractivity contribution is -0.156. The molecule has 1 saturated heterocycles. The topological polar surface area (TPSA) is 207 Å². The average molecular weight is 849 g/mol. The van der Waals surface area contributed by atoms with Crippen molar-refractivity contribution in [3.05, 3.63) is 46.8 Å². The molecule has 59 heavy (non-hydrogen) atoms. The second-order valence-electron chi connectivity index (χ2n) is 17.2. The molecule has 3 heterocycles. The number of carboxylic acid groups (broad SMARTS) is 1. The molecule has 1 aromatic heterocycles. The van der Waals surface area contributed by atoms with E-state index in [9.17, 15) is 32.7 Å². The number of ether oxygens (including phenoxy) is 2. The van der Waals surface area contributed by atoms with Crippen molar-refractivity contribution < 1.29 is 51.0 Å². The Labute approximate surface area is 341 Å². The van der Waals surface area contributed by atoms with E-state index in [0.717, 1.165) is 18.7 Å². The summed E-state index contributed by atoms with van der Waals surface area (Å²) in [4.78, 5) is 71.6. The summed E-state index contributed by atoms with van der Waals surface area (Å²) in [5.74, 6) is -7.82. The molecule has 0 bridgehead atoms. The van der Waals surface area contributed by atoms with E-state index in [-0.39, 0.29) is 56.1 Å². The number of fused-ring (bicyclic) bond motifs is 3. The Morgan fingerprint density at radius 2 is 1.76 bits per heavy atom. The molecule has 2 aliphatic heterocycles. The number of amides is 4. The molecular formula is C40H54F2N6O10S. The molecule has 16 nitrogen and oxygen atoms in total. The highest BCUT2D eigenvalue weighted by Gasteiger charge is 2.62. The van der Waals surface area contributed by atoms with E-state index in [0.29, 0.717) is 42.9 Å². The van der Waals surface area contributed by atoms with Crippen LogP contribution in [0.4, 0.5) is 13.6 Å². The van der Waals surface area contributed by atoms with Gasteiger partial charge in [0.1, 0.15) is 29.3 Å². The monoisotopic (exact) mass is 848 g/mol. The van der Waals surface area contributed by atoms with Gasteiger partial charge in [-0.25, -0.2) is 26.7 Å². The molecule has 6 rings (SSSR count). The van der Waals surface area contributed by atoms with Crippen molar-refractivity contribution in [1.29, 1.82) is 0 Å². The molecule has 2 saturated carbocycles. The maximum Gasteiger partial charge on any atom is 0.408 e. The first-order valence-corrected chi connectivity index (χ1v) is 21.6. The van der Waals surface area contributed by atoms with Crippen molar-refractivity contribution in [2.75, 3.05) is 20.3 Å². The van der Waals surface area contributed by atoms with Crippen LogP contribution in [0.1, 0.15) is 79.6 Å². The molecule has 3 fully saturated rings. The van der Waals surface area contributed by atoms with Gasteiger partial charge >= 0.3 is 6.09 Å². The highest BCUT2D eigenvalue weighted by molar-refractivity contribution is 7.91. The first-order chi connectivity index (χ1) is 27.6. The lowest BCUT2D eigenvalue weighted by atomic mass is 9.84.